The minimum atomic E-state index is -0.766. The summed E-state index contributed by atoms with van der Waals surface area (Å²) in [5, 5.41) is 10.4. The van der Waals surface area contributed by atoms with E-state index in [1.807, 2.05) is 0 Å². The molecule has 0 radical (unpaired) electrons. The van der Waals surface area contributed by atoms with Crippen LogP contribution in [-0.4, -0.2) is 34.6 Å². The van der Waals surface area contributed by atoms with Crippen LogP contribution in [0.4, 0.5) is 0 Å². The van der Waals surface area contributed by atoms with Gasteiger partial charge in [-0.25, -0.2) is 0 Å². The maximum atomic E-state index is 11.9. The van der Waals surface area contributed by atoms with Crippen molar-refractivity contribution < 1.29 is 9.90 Å². The molecule has 0 aromatic heterocycles. The molecule has 1 fully saturated rings. The molecular weight excluding hydrogens is 249 g/mol. The molecule has 0 unspecified atom stereocenters. The Morgan fingerprint density at radius 2 is 1.81 bits per heavy atom. The van der Waals surface area contributed by atoms with Gasteiger partial charge in [0.25, 0.3) is 5.91 Å². The molecule has 86 valence electrons. The summed E-state index contributed by atoms with van der Waals surface area (Å²) in [6.45, 7) is 2.38. The minimum absolute atomic E-state index is 0.157. The van der Waals surface area contributed by atoms with Crippen LogP contribution in [0.15, 0.2) is 18.2 Å². The number of benzene rings is 1. The Morgan fingerprint density at radius 1 is 1.31 bits per heavy atom. The number of aliphatic hydroxyl groups is 1. The summed E-state index contributed by atoms with van der Waals surface area (Å²) in [7, 11) is 0. The number of hydrogen-bond donors (Lipinski definition) is 1. The summed E-state index contributed by atoms with van der Waals surface area (Å²) < 4.78 is 0. The van der Waals surface area contributed by atoms with Crippen molar-refractivity contribution in [3.8, 4) is 0 Å². The Morgan fingerprint density at radius 3 is 2.25 bits per heavy atom. The molecule has 1 N–H and O–H groups in total. The third-order valence-corrected chi connectivity index (χ3v) is 2.90. The lowest BCUT2D eigenvalue weighted by Crippen LogP contribution is -2.61. The lowest BCUT2D eigenvalue weighted by molar-refractivity contribution is -0.0668. The van der Waals surface area contributed by atoms with E-state index in [2.05, 4.69) is 0 Å². The van der Waals surface area contributed by atoms with Crippen LogP contribution in [0.1, 0.15) is 17.3 Å². The van der Waals surface area contributed by atoms with Crippen LogP contribution in [0, 0.1) is 0 Å². The van der Waals surface area contributed by atoms with Crippen molar-refractivity contribution >= 4 is 29.1 Å². The number of carbonyl (C=O) groups is 1. The molecule has 1 aromatic rings. The number of halogens is 2. The van der Waals surface area contributed by atoms with Gasteiger partial charge < -0.3 is 10.0 Å². The van der Waals surface area contributed by atoms with Gasteiger partial charge >= 0.3 is 0 Å². The van der Waals surface area contributed by atoms with Gasteiger partial charge in [0, 0.05) is 15.6 Å². The van der Waals surface area contributed by atoms with Crippen molar-refractivity contribution in [3.63, 3.8) is 0 Å². The minimum Gasteiger partial charge on any atom is -0.386 e. The van der Waals surface area contributed by atoms with E-state index in [9.17, 15) is 9.90 Å². The van der Waals surface area contributed by atoms with Gasteiger partial charge in [-0.2, -0.15) is 0 Å². The van der Waals surface area contributed by atoms with Crippen molar-refractivity contribution in [2.75, 3.05) is 13.1 Å². The zero-order valence-electron chi connectivity index (χ0n) is 8.70. The van der Waals surface area contributed by atoms with E-state index in [1.165, 1.54) is 0 Å². The Hall–Kier alpha value is -0.770. The number of amides is 1. The molecule has 0 bridgehead atoms. The number of rotatable bonds is 1. The molecular formula is C11H11Cl2NO2. The summed E-state index contributed by atoms with van der Waals surface area (Å²) in [4.78, 5) is 13.5. The van der Waals surface area contributed by atoms with Crippen LogP contribution < -0.4 is 0 Å². The predicted octanol–water partition coefficient (Wildman–Crippen LogP) is 2.20. The fourth-order valence-corrected chi connectivity index (χ4v) is 2.31. The molecule has 0 saturated carbocycles. The largest absolute Gasteiger partial charge is 0.386 e. The van der Waals surface area contributed by atoms with Crippen molar-refractivity contribution in [2.45, 2.75) is 12.5 Å². The van der Waals surface area contributed by atoms with E-state index < -0.39 is 5.60 Å². The molecule has 1 aromatic carbocycles. The first-order chi connectivity index (χ1) is 7.37. The van der Waals surface area contributed by atoms with Crippen LogP contribution in [-0.2, 0) is 0 Å². The van der Waals surface area contributed by atoms with E-state index in [1.54, 1.807) is 30.0 Å². The lowest BCUT2D eigenvalue weighted by atomic mass is 9.96. The summed E-state index contributed by atoms with van der Waals surface area (Å²) in [6, 6.07) is 4.72. The molecule has 0 spiro atoms. The second kappa shape index (κ2) is 3.91. The number of carbonyl (C=O) groups excluding carboxylic acids is 1. The number of likely N-dealkylation sites (tertiary alicyclic amines) is 1. The first-order valence-corrected chi connectivity index (χ1v) is 5.61. The first-order valence-electron chi connectivity index (χ1n) is 4.85. The van der Waals surface area contributed by atoms with Gasteiger partial charge in [-0.3, -0.25) is 4.79 Å². The highest BCUT2D eigenvalue weighted by molar-refractivity contribution is 6.35. The van der Waals surface area contributed by atoms with Crippen molar-refractivity contribution in [1.82, 2.24) is 4.90 Å². The standard InChI is InChI=1S/C11H11Cl2NO2/c1-11(16)5-14(6-11)10(15)7-2-8(12)4-9(13)3-7/h2-4,16H,5-6H2,1H3. The van der Waals surface area contributed by atoms with Gasteiger partial charge in [-0.1, -0.05) is 23.2 Å². The Bertz CT molecular complexity index is 417. The van der Waals surface area contributed by atoms with Gasteiger partial charge in [0.05, 0.1) is 18.7 Å². The summed E-state index contributed by atoms with van der Waals surface area (Å²) in [5.74, 6) is -0.157. The topological polar surface area (TPSA) is 40.5 Å². The zero-order valence-corrected chi connectivity index (χ0v) is 10.2. The lowest BCUT2D eigenvalue weighted by Gasteiger charge is -2.44. The third kappa shape index (κ3) is 2.32. The fraction of sp³-hybridized carbons (Fsp3) is 0.364. The van der Waals surface area contributed by atoms with E-state index in [0.717, 1.165) is 0 Å². The average Bonchev–Trinajstić information content (AvgIpc) is 2.11. The van der Waals surface area contributed by atoms with Crippen LogP contribution in [0.2, 0.25) is 10.0 Å². The Kier molecular flexibility index (Phi) is 2.86. The van der Waals surface area contributed by atoms with Crippen molar-refractivity contribution in [3.05, 3.63) is 33.8 Å². The second-order valence-electron chi connectivity index (χ2n) is 4.32. The van der Waals surface area contributed by atoms with Gasteiger partial charge in [0.2, 0.25) is 0 Å². The molecule has 0 aliphatic carbocycles. The zero-order chi connectivity index (χ0) is 11.9. The maximum absolute atomic E-state index is 11.9. The predicted molar refractivity (Wildman–Crippen MR) is 63.0 cm³/mol. The van der Waals surface area contributed by atoms with Crippen molar-refractivity contribution in [2.24, 2.45) is 0 Å². The monoisotopic (exact) mass is 259 g/mol. The van der Waals surface area contributed by atoms with Crippen LogP contribution >= 0.6 is 23.2 Å². The second-order valence-corrected chi connectivity index (χ2v) is 5.19. The van der Waals surface area contributed by atoms with Gasteiger partial charge in [-0.15, -0.1) is 0 Å². The highest BCUT2D eigenvalue weighted by atomic mass is 35.5. The van der Waals surface area contributed by atoms with Gasteiger partial charge in [0.1, 0.15) is 0 Å². The molecule has 1 heterocycles. The number of hydrogen-bond acceptors (Lipinski definition) is 2. The van der Waals surface area contributed by atoms with Crippen LogP contribution in [0.3, 0.4) is 0 Å². The summed E-state index contributed by atoms with van der Waals surface area (Å²) in [6.07, 6.45) is 0. The maximum Gasteiger partial charge on any atom is 0.254 e. The van der Waals surface area contributed by atoms with E-state index in [0.29, 0.717) is 28.7 Å². The normalized spacial score (nSPS) is 18.1. The van der Waals surface area contributed by atoms with Crippen molar-refractivity contribution in [1.29, 1.82) is 0 Å². The SMILES string of the molecule is CC1(O)CN(C(=O)c2cc(Cl)cc(Cl)c2)C1. The van der Waals surface area contributed by atoms with Gasteiger partial charge in [0.15, 0.2) is 0 Å². The molecule has 1 aliphatic heterocycles. The number of β-amino-alcohol motifs (C(OH)–C–C–N with tert-alkyl or cyclic N) is 1. The fourth-order valence-electron chi connectivity index (χ4n) is 1.78. The molecule has 0 atom stereocenters. The van der Waals surface area contributed by atoms with E-state index >= 15 is 0 Å². The highest BCUT2D eigenvalue weighted by Crippen LogP contribution is 2.25. The molecule has 16 heavy (non-hydrogen) atoms. The highest BCUT2D eigenvalue weighted by Gasteiger charge is 2.39. The first kappa shape index (κ1) is 11.7. The molecule has 3 nitrogen and oxygen atoms in total. The molecule has 1 aliphatic rings. The summed E-state index contributed by atoms with van der Waals surface area (Å²) >= 11 is 11.6. The molecule has 1 saturated heterocycles. The molecule has 2 rings (SSSR count). The molecule has 1 amide bonds. The van der Waals surface area contributed by atoms with Crippen LogP contribution in [0.5, 0.6) is 0 Å². The van der Waals surface area contributed by atoms with Gasteiger partial charge in [-0.05, 0) is 25.1 Å². The van der Waals surface area contributed by atoms with Crippen LogP contribution in [0.25, 0.3) is 0 Å². The average molecular weight is 260 g/mol. The third-order valence-electron chi connectivity index (χ3n) is 2.46. The smallest absolute Gasteiger partial charge is 0.254 e. The quantitative estimate of drug-likeness (QED) is 0.840. The number of nitrogens with zero attached hydrogens (tertiary/aromatic N) is 1. The Labute approximate surface area is 104 Å². The summed E-state index contributed by atoms with van der Waals surface area (Å²) in [5.41, 5.74) is -0.314. The van der Waals surface area contributed by atoms with E-state index in [4.69, 9.17) is 23.2 Å². The van der Waals surface area contributed by atoms with E-state index in [-0.39, 0.29) is 5.91 Å². The Balaban J connectivity index is 2.16. The molecule has 5 heteroatoms.